The Morgan fingerprint density at radius 2 is 1.32 bits per heavy atom. The lowest BCUT2D eigenvalue weighted by molar-refractivity contribution is -0.141. The van der Waals surface area contributed by atoms with Crippen molar-refractivity contribution in [1.82, 2.24) is 14.5 Å². The quantitative estimate of drug-likeness (QED) is 0.259. The standard InChI is InChI=1S/C32H41N3O5S/c1-26(2)40-21-13-20-33-32(37)30(22-27-14-7-4-8-15-27)35(24-29-18-11-6-12-19-29)31(36)25-34(41(3,38)39)23-28-16-9-5-10-17-28/h4-12,14-19,26,30H,13,20-25H2,1-3H3,(H,33,37)/t30-/m0/s1. The van der Waals surface area contributed by atoms with Crippen LogP contribution in [0.25, 0.3) is 0 Å². The number of sulfonamides is 1. The van der Waals surface area contributed by atoms with Crippen molar-refractivity contribution in [2.45, 2.75) is 51.9 Å². The van der Waals surface area contributed by atoms with Gasteiger partial charge < -0.3 is 15.0 Å². The molecule has 0 bridgehead atoms. The molecule has 0 aromatic heterocycles. The molecule has 0 spiro atoms. The Morgan fingerprint density at radius 3 is 1.83 bits per heavy atom. The zero-order chi connectivity index (χ0) is 29.7. The van der Waals surface area contributed by atoms with Crippen LogP contribution in [0.5, 0.6) is 0 Å². The van der Waals surface area contributed by atoms with Crippen LogP contribution in [0.15, 0.2) is 91.0 Å². The summed E-state index contributed by atoms with van der Waals surface area (Å²) in [5, 5.41) is 2.98. The Balaban J connectivity index is 1.90. The smallest absolute Gasteiger partial charge is 0.243 e. The number of hydrogen-bond acceptors (Lipinski definition) is 5. The van der Waals surface area contributed by atoms with E-state index >= 15 is 0 Å². The number of nitrogens with zero attached hydrogens (tertiary/aromatic N) is 2. The number of hydrogen-bond donors (Lipinski definition) is 1. The lowest BCUT2D eigenvalue weighted by Gasteiger charge is -2.33. The molecule has 41 heavy (non-hydrogen) atoms. The van der Waals surface area contributed by atoms with E-state index in [0.717, 1.165) is 27.3 Å². The molecule has 0 aliphatic carbocycles. The van der Waals surface area contributed by atoms with Crippen LogP contribution in [0.3, 0.4) is 0 Å². The van der Waals surface area contributed by atoms with Crippen molar-refractivity contribution in [2.24, 2.45) is 0 Å². The topological polar surface area (TPSA) is 96.0 Å². The molecule has 0 radical (unpaired) electrons. The predicted octanol–water partition coefficient (Wildman–Crippen LogP) is 4.02. The Kier molecular flexibility index (Phi) is 12.5. The van der Waals surface area contributed by atoms with Crippen molar-refractivity contribution in [3.05, 3.63) is 108 Å². The third-order valence-electron chi connectivity index (χ3n) is 6.52. The molecule has 9 heteroatoms. The molecule has 8 nitrogen and oxygen atoms in total. The molecular weight excluding hydrogens is 538 g/mol. The van der Waals surface area contributed by atoms with Gasteiger partial charge in [-0.15, -0.1) is 0 Å². The van der Waals surface area contributed by atoms with E-state index in [1.54, 1.807) is 0 Å². The third kappa shape index (κ3) is 11.1. The van der Waals surface area contributed by atoms with E-state index in [9.17, 15) is 18.0 Å². The van der Waals surface area contributed by atoms with E-state index < -0.39 is 22.0 Å². The molecule has 0 heterocycles. The van der Waals surface area contributed by atoms with Crippen molar-refractivity contribution in [2.75, 3.05) is 26.0 Å². The van der Waals surface area contributed by atoms with Crippen LogP contribution in [0, 0.1) is 0 Å². The van der Waals surface area contributed by atoms with Gasteiger partial charge >= 0.3 is 0 Å². The SMILES string of the molecule is CC(C)OCCCNC(=O)[C@H](Cc1ccccc1)N(Cc1ccccc1)C(=O)CN(Cc1ccccc1)S(C)(=O)=O. The van der Waals surface area contributed by atoms with Crippen LogP contribution < -0.4 is 5.32 Å². The fraction of sp³-hybridized carbons (Fsp3) is 0.375. The van der Waals surface area contributed by atoms with Crippen LogP contribution in [0.1, 0.15) is 37.0 Å². The Hall–Kier alpha value is -3.53. The fourth-order valence-electron chi connectivity index (χ4n) is 4.37. The lowest BCUT2D eigenvalue weighted by atomic mass is 10.0. The van der Waals surface area contributed by atoms with Crippen LogP contribution >= 0.6 is 0 Å². The molecule has 3 rings (SSSR count). The molecular formula is C32H41N3O5S. The molecule has 0 aliphatic rings. The van der Waals surface area contributed by atoms with E-state index in [0.29, 0.717) is 19.6 Å². The van der Waals surface area contributed by atoms with Gasteiger partial charge in [-0.1, -0.05) is 91.0 Å². The minimum atomic E-state index is -3.73. The number of ether oxygens (including phenoxy) is 1. The van der Waals surface area contributed by atoms with Gasteiger partial charge in [0.25, 0.3) is 0 Å². The van der Waals surface area contributed by atoms with Gasteiger partial charge in [0.2, 0.25) is 21.8 Å². The molecule has 220 valence electrons. The van der Waals surface area contributed by atoms with E-state index in [-0.39, 0.29) is 38.1 Å². The molecule has 1 atom stereocenters. The number of carbonyl (C=O) groups excluding carboxylic acids is 2. The van der Waals surface area contributed by atoms with Crippen molar-refractivity contribution in [3.63, 3.8) is 0 Å². The summed E-state index contributed by atoms with van der Waals surface area (Å²) in [7, 11) is -3.73. The first-order valence-electron chi connectivity index (χ1n) is 13.9. The number of amides is 2. The van der Waals surface area contributed by atoms with E-state index in [1.807, 2.05) is 105 Å². The highest BCUT2D eigenvalue weighted by Crippen LogP contribution is 2.17. The van der Waals surface area contributed by atoms with Crippen LogP contribution in [0.4, 0.5) is 0 Å². The first kappa shape index (κ1) is 32.0. The highest BCUT2D eigenvalue weighted by atomic mass is 32.2. The zero-order valence-corrected chi connectivity index (χ0v) is 24.9. The number of nitrogens with one attached hydrogen (secondary N) is 1. The minimum Gasteiger partial charge on any atom is -0.379 e. The summed E-state index contributed by atoms with van der Waals surface area (Å²) in [5.41, 5.74) is 2.50. The monoisotopic (exact) mass is 579 g/mol. The summed E-state index contributed by atoms with van der Waals surface area (Å²) in [6.45, 7) is 4.64. The van der Waals surface area contributed by atoms with E-state index in [1.165, 1.54) is 4.90 Å². The van der Waals surface area contributed by atoms with Gasteiger partial charge in [-0.2, -0.15) is 4.31 Å². The second-order valence-electron chi connectivity index (χ2n) is 10.3. The first-order chi connectivity index (χ1) is 19.6. The molecule has 0 unspecified atom stereocenters. The summed E-state index contributed by atoms with van der Waals surface area (Å²) < 4.78 is 32.3. The van der Waals surface area contributed by atoms with Crippen molar-refractivity contribution in [1.29, 1.82) is 0 Å². The molecule has 3 aromatic rings. The molecule has 0 saturated heterocycles. The third-order valence-corrected chi connectivity index (χ3v) is 7.72. The molecule has 0 fully saturated rings. The summed E-state index contributed by atoms with van der Waals surface area (Å²) in [6.07, 6.45) is 2.11. The Bertz CT molecular complexity index is 1320. The van der Waals surface area contributed by atoms with Gasteiger partial charge in [0.15, 0.2) is 0 Å². The molecule has 3 aromatic carbocycles. The average molecular weight is 580 g/mol. The van der Waals surface area contributed by atoms with Gasteiger partial charge in [-0.05, 0) is 37.0 Å². The normalized spacial score (nSPS) is 12.3. The van der Waals surface area contributed by atoms with Crippen LogP contribution in [0.2, 0.25) is 0 Å². The first-order valence-corrected chi connectivity index (χ1v) is 15.7. The number of carbonyl (C=O) groups is 2. The van der Waals surface area contributed by atoms with Gasteiger partial charge in [0.05, 0.1) is 18.9 Å². The molecule has 0 saturated carbocycles. The minimum absolute atomic E-state index is 0.0516. The van der Waals surface area contributed by atoms with E-state index in [2.05, 4.69) is 5.32 Å². The summed E-state index contributed by atoms with van der Waals surface area (Å²) in [6, 6.07) is 27.2. The van der Waals surface area contributed by atoms with Crippen molar-refractivity contribution >= 4 is 21.8 Å². The van der Waals surface area contributed by atoms with Crippen molar-refractivity contribution in [3.8, 4) is 0 Å². The molecule has 0 aliphatic heterocycles. The summed E-state index contributed by atoms with van der Waals surface area (Å²) in [4.78, 5) is 29.2. The number of rotatable bonds is 16. The van der Waals surface area contributed by atoms with Gasteiger partial charge in [0.1, 0.15) is 6.04 Å². The number of benzene rings is 3. The highest BCUT2D eigenvalue weighted by molar-refractivity contribution is 7.88. The summed E-state index contributed by atoms with van der Waals surface area (Å²) in [5.74, 6) is -0.744. The second kappa shape index (κ2) is 16.0. The summed E-state index contributed by atoms with van der Waals surface area (Å²) >= 11 is 0. The van der Waals surface area contributed by atoms with Crippen molar-refractivity contribution < 1.29 is 22.7 Å². The Morgan fingerprint density at radius 1 is 0.805 bits per heavy atom. The predicted molar refractivity (Wildman–Crippen MR) is 161 cm³/mol. The zero-order valence-electron chi connectivity index (χ0n) is 24.1. The second-order valence-corrected chi connectivity index (χ2v) is 12.3. The maximum Gasteiger partial charge on any atom is 0.243 e. The van der Waals surface area contributed by atoms with Gasteiger partial charge in [-0.25, -0.2) is 8.42 Å². The molecule has 1 N–H and O–H groups in total. The fourth-order valence-corrected chi connectivity index (χ4v) is 5.10. The average Bonchev–Trinajstić information content (AvgIpc) is 2.95. The van der Waals surface area contributed by atoms with Crippen LogP contribution in [-0.4, -0.2) is 67.5 Å². The van der Waals surface area contributed by atoms with Gasteiger partial charge in [-0.3, -0.25) is 9.59 Å². The Labute approximate surface area is 244 Å². The lowest BCUT2D eigenvalue weighted by Crippen LogP contribution is -2.53. The van der Waals surface area contributed by atoms with Crippen LogP contribution in [-0.2, 0) is 43.9 Å². The maximum atomic E-state index is 14.0. The highest BCUT2D eigenvalue weighted by Gasteiger charge is 2.32. The maximum absolute atomic E-state index is 14.0. The van der Waals surface area contributed by atoms with Gasteiger partial charge in [0, 0.05) is 32.7 Å². The van der Waals surface area contributed by atoms with E-state index in [4.69, 9.17) is 4.74 Å². The largest absolute Gasteiger partial charge is 0.379 e. The molecule has 2 amide bonds.